The van der Waals surface area contributed by atoms with Gasteiger partial charge in [-0.1, -0.05) is 60.3 Å². The number of methoxy groups -OCH3 is 2. The van der Waals surface area contributed by atoms with Gasteiger partial charge in [0, 0.05) is 5.92 Å². The molecule has 2 atom stereocenters. The van der Waals surface area contributed by atoms with Gasteiger partial charge in [0.25, 0.3) is 8.32 Å². The fourth-order valence-corrected chi connectivity index (χ4v) is 10.3. The molecule has 0 heterocycles. The summed E-state index contributed by atoms with van der Waals surface area (Å²) in [5, 5.41) is 0. The van der Waals surface area contributed by atoms with Crippen molar-refractivity contribution in [2.75, 3.05) is 14.2 Å². The monoisotopic (exact) mass is 404 g/mol. The Bertz CT molecular complexity index is 686. The smallest absolute Gasteiger partial charge is 0.320 e. The molecule has 1 aliphatic carbocycles. The maximum absolute atomic E-state index is 12.9. The van der Waals surface area contributed by atoms with E-state index in [4.69, 9.17) is 13.9 Å². The summed E-state index contributed by atoms with van der Waals surface area (Å²) >= 11 is 0. The minimum atomic E-state index is -2.19. The lowest BCUT2D eigenvalue weighted by Crippen LogP contribution is -2.48. The molecule has 1 aromatic carbocycles. The van der Waals surface area contributed by atoms with Gasteiger partial charge in [-0.3, -0.25) is 4.79 Å². The van der Waals surface area contributed by atoms with E-state index < -0.39 is 13.7 Å². The first-order valence-electron chi connectivity index (χ1n) is 10.2. The molecule has 28 heavy (non-hydrogen) atoms. The van der Waals surface area contributed by atoms with Crippen molar-refractivity contribution in [3.63, 3.8) is 0 Å². The van der Waals surface area contributed by atoms with Crippen molar-refractivity contribution in [1.29, 1.82) is 0 Å². The molecule has 1 saturated carbocycles. The third-order valence-electron chi connectivity index (χ3n) is 6.53. The third kappa shape index (κ3) is 3.61. The van der Waals surface area contributed by atoms with Crippen LogP contribution in [0, 0.1) is 5.41 Å². The highest BCUT2D eigenvalue weighted by Gasteiger charge is 2.66. The lowest BCUT2D eigenvalue weighted by molar-refractivity contribution is -0.146. The molecular formula is C23H36O4Si. The summed E-state index contributed by atoms with van der Waals surface area (Å²) in [5.74, 6) is 1.16. The molecule has 0 spiro atoms. The van der Waals surface area contributed by atoms with Crippen molar-refractivity contribution in [1.82, 2.24) is 0 Å². The van der Waals surface area contributed by atoms with E-state index in [0.717, 1.165) is 11.3 Å². The molecule has 0 saturated heterocycles. The molecule has 4 nitrogen and oxygen atoms in total. The number of carbonyl (C=O) groups excluding carboxylic acids is 1. The summed E-state index contributed by atoms with van der Waals surface area (Å²) in [6.45, 7) is 17.7. The van der Waals surface area contributed by atoms with Gasteiger partial charge in [-0.15, -0.1) is 0 Å². The fraction of sp³-hybridized carbons (Fsp3) is 0.609. The predicted molar refractivity (Wildman–Crippen MR) is 116 cm³/mol. The van der Waals surface area contributed by atoms with Crippen molar-refractivity contribution in [3.8, 4) is 5.75 Å². The molecule has 1 fully saturated rings. The number of hydrogen-bond donors (Lipinski definition) is 0. The van der Waals surface area contributed by atoms with Gasteiger partial charge in [-0.05, 0) is 40.7 Å². The molecule has 0 unspecified atom stereocenters. The Hall–Kier alpha value is -1.75. The molecule has 0 amide bonds. The molecule has 0 N–H and O–H groups in total. The van der Waals surface area contributed by atoms with Crippen LogP contribution in [0.15, 0.2) is 36.6 Å². The van der Waals surface area contributed by atoms with Crippen molar-refractivity contribution in [2.24, 2.45) is 5.41 Å². The molecule has 1 aromatic rings. The van der Waals surface area contributed by atoms with E-state index >= 15 is 0 Å². The van der Waals surface area contributed by atoms with Gasteiger partial charge in [0.05, 0.1) is 20.0 Å². The van der Waals surface area contributed by atoms with Gasteiger partial charge in [0.15, 0.2) is 0 Å². The van der Waals surface area contributed by atoms with Crippen LogP contribution in [0.25, 0.3) is 0 Å². The van der Waals surface area contributed by atoms with Gasteiger partial charge in [-0.25, -0.2) is 0 Å². The van der Waals surface area contributed by atoms with E-state index in [9.17, 15) is 4.79 Å². The van der Waals surface area contributed by atoms with Gasteiger partial charge >= 0.3 is 5.97 Å². The number of carbonyl (C=O) groups is 1. The van der Waals surface area contributed by atoms with Crippen LogP contribution in [-0.2, 0) is 14.0 Å². The number of esters is 1. The Morgan fingerprint density at radius 3 is 1.93 bits per heavy atom. The SMILES string of the molecule is C=C(O[Si](C(C)C)(C(C)C)C(C)C)[C@@]1(C(=O)OC)C[C@H]1c1ccc(OC)cc1. The zero-order valence-electron chi connectivity index (χ0n) is 18.7. The summed E-state index contributed by atoms with van der Waals surface area (Å²) in [6, 6.07) is 7.88. The predicted octanol–water partition coefficient (Wildman–Crippen LogP) is 6.05. The van der Waals surface area contributed by atoms with E-state index in [1.54, 1.807) is 7.11 Å². The Kier molecular flexibility index (Phi) is 6.69. The highest BCUT2D eigenvalue weighted by atomic mass is 28.4. The summed E-state index contributed by atoms with van der Waals surface area (Å²) in [6.07, 6.45) is 0.670. The highest BCUT2D eigenvalue weighted by Crippen LogP contribution is 2.65. The van der Waals surface area contributed by atoms with Gasteiger partial charge < -0.3 is 13.9 Å². The van der Waals surface area contributed by atoms with Crippen LogP contribution in [0.2, 0.25) is 16.6 Å². The zero-order valence-corrected chi connectivity index (χ0v) is 19.7. The first kappa shape index (κ1) is 22.5. The minimum Gasteiger partial charge on any atom is -0.545 e. The largest absolute Gasteiger partial charge is 0.545 e. The Morgan fingerprint density at radius 1 is 1.04 bits per heavy atom. The lowest BCUT2D eigenvalue weighted by Gasteiger charge is -2.43. The Balaban J connectivity index is 2.38. The Labute approximate surface area is 171 Å². The van der Waals surface area contributed by atoms with E-state index in [0.29, 0.717) is 28.8 Å². The van der Waals surface area contributed by atoms with E-state index in [-0.39, 0.29) is 11.9 Å². The van der Waals surface area contributed by atoms with Crippen molar-refractivity contribution < 1.29 is 18.7 Å². The van der Waals surface area contributed by atoms with Gasteiger partial charge in [-0.2, -0.15) is 0 Å². The van der Waals surface area contributed by atoms with Crippen molar-refractivity contribution >= 4 is 14.3 Å². The average Bonchev–Trinajstić information content (AvgIpc) is 3.41. The maximum atomic E-state index is 12.9. The van der Waals surface area contributed by atoms with Crippen LogP contribution in [0.3, 0.4) is 0 Å². The van der Waals surface area contributed by atoms with E-state index in [2.05, 4.69) is 48.1 Å². The number of hydrogen-bond acceptors (Lipinski definition) is 4. The van der Waals surface area contributed by atoms with Crippen LogP contribution in [0.5, 0.6) is 5.75 Å². The second-order valence-corrected chi connectivity index (χ2v) is 14.2. The maximum Gasteiger partial charge on any atom is 0.320 e. The van der Waals surface area contributed by atoms with Crippen LogP contribution < -0.4 is 4.74 Å². The summed E-state index contributed by atoms with van der Waals surface area (Å²) in [4.78, 5) is 12.9. The topological polar surface area (TPSA) is 44.8 Å². The normalized spacial score (nSPS) is 21.8. The molecule has 0 aliphatic heterocycles. The minimum absolute atomic E-state index is 0.0246. The van der Waals surface area contributed by atoms with Gasteiger partial charge in [0.1, 0.15) is 11.2 Å². The summed E-state index contributed by atoms with van der Waals surface area (Å²) < 4.78 is 17.2. The molecule has 2 rings (SSSR count). The summed E-state index contributed by atoms with van der Waals surface area (Å²) in [5.41, 5.74) is 1.54. The first-order chi connectivity index (χ1) is 13.1. The molecule has 0 aromatic heterocycles. The molecule has 0 bridgehead atoms. The molecule has 156 valence electrons. The number of rotatable bonds is 9. The van der Waals surface area contributed by atoms with E-state index in [1.165, 1.54) is 7.11 Å². The van der Waals surface area contributed by atoms with Crippen LogP contribution >= 0.6 is 0 Å². The second kappa shape index (κ2) is 8.32. The average molecular weight is 405 g/mol. The van der Waals surface area contributed by atoms with Crippen LogP contribution in [-0.4, -0.2) is 28.5 Å². The Morgan fingerprint density at radius 2 is 1.54 bits per heavy atom. The van der Waals surface area contributed by atoms with Crippen LogP contribution in [0.4, 0.5) is 0 Å². The van der Waals surface area contributed by atoms with Crippen molar-refractivity contribution in [3.05, 3.63) is 42.2 Å². The molecule has 5 heteroatoms. The standard InChI is InChI=1S/C23H36O4Si/c1-15(2)28(16(3)4,17(5)6)27-18(7)23(22(24)26-9)14-21(23)19-10-12-20(25-8)13-11-19/h10-13,15-17,21H,7,14H2,1-6,8-9H3/t21-,23-/m0/s1. The van der Waals surface area contributed by atoms with E-state index in [1.807, 2.05) is 24.3 Å². The lowest BCUT2D eigenvalue weighted by atomic mass is 9.97. The van der Waals surface area contributed by atoms with Crippen molar-refractivity contribution in [2.45, 2.75) is 70.5 Å². The first-order valence-corrected chi connectivity index (χ1v) is 12.3. The number of ether oxygens (including phenoxy) is 2. The fourth-order valence-electron chi connectivity index (χ4n) is 4.99. The third-order valence-corrected chi connectivity index (χ3v) is 12.5. The van der Waals surface area contributed by atoms with Crippen LogP contribution in [0.1, 0.15) is 59.4 Å². The molecule has 0 radical (unpaired) electrons. The summed E-state index contributed by atoms with van der Waals surface area (Å²) in [7, 11) is 0.899. The highest BCUT2D eigenvalue weighted by molar-refractivity contribution is 6.77. The quantitative estimate of drug-likeness (QED) is 0.286. The molecule has 1 aliphatic rings. The number of benzene rings is 1. The van der Waals surface area contributed by atoms with Gasteiger partial charge in [0.2, 0.25) is 0 Å². The molecular weight excluding hydrogens is 368 g/mol. The zero-order chi connectivity index (χ0) is 21.3. The second-order valence-electron chi connectivity index (χ2n) is 8.84.